The van der Waals surface area contributed by atoms with Gasteiger partial charge in [-0.3, -0.25) is 10.1 Å². The van der Waals surface area contributed by atoms with Gasteiger partial charge in [-0.05, 0) is 49.2 Å². The molecular weight excluding hydrogens is 360 g/mol. The summed E-state index contributed by atoms with van der Waals surface area (Å²) in [6.45, 7) is 4.01. The van der Waals surface area contributed by atoms with Crippen molar-refractivity contribution in [1.82, 2.24) is 4.98 Å². The summed E-state index contributed by atoms with van der Waals surface area (Å²) in [7, 11) is 1.61. The molecule has 0 unspecified atom stereocenters. The lowest BCUT2D eigenvalue weighted by Crippen LogP contribution is -2.12. The van der Waals surface area contributed by atoms with E-state index in [0.717, 1.165) is 16.5 Å². The summed E-state index contributed by atoms with van der Waals surface area (Å²) in [6, 6.07) is 13.3. The summed E-state index contributed by atoms with van der Waals surface area (Å²) in [6.07, 6.45) is 0. The van der Waals surface area contributed by atoms with Gasteiger partial charge in [0.25, 0.3) is 5.91 Å². The van der Waals surface area contributed by atoms with Gasteiger partial charge in [-0.15, -0.1) is 11.3 Å². The predicted molar refractivity (Wildman–Crippen MR) is 108 cm³/mol. The number of aromatic nitrogens is 1. The fraction of sp³-hybridized carbons (Fsp3) is 0.143. The van der Waals surface area contributed by atoms with Crippen molar-refractivity contribution in [3.63, 3.8) is 0 Å². The third-order valence-corrected chi connectivity index (χ3v) is 5.23. The van der Waals surface area contributed by atoms with Crippen LogP contribution in [-0.4, -0.2) is 18.0 Å². The molecule has 0 spiro atoms. The van der Waals surface area contributed by atoms with Gasteiger partial charge < -0.3 is 9.15 Å². The van der Waals surface area contributed by atoms with Crippen LogP contribution < -0.4 is 10.1 Å². The highest BCUT2D eigenvalue weighted by atomic mass is 32.1. The van der Waals surface area contributed by atoms with Crippen molar-refractivity contribution in [3.8, 4) is 17.2 Å². The van der Waals surface area contributed by atoms with Gasteiger partial charge in [-0.25, -0.2) is 4.98 Å². The third kappa shape index (κ3) is 3.31. The lowest BCUT2D eigenvalue weighted by molar-refractivity contribution is 0.102. The van der Waals surface area contributed by atoms with E-state index in [-0.39, 0.29) is 5.91 Å². The van der Waals surface area contributed by atoms with Crippen LogP contribution in [0.5, 0.6) is 5.75 Å². The smallest absolute Gasteiger partial charge is 0.257 e. The molecule has 2 aromatic heterocycles. The molecule has 136 valence electrons. The van der Waals surface area contributed by atoms with Crippen molar-refractivity contribution in [2.45, 2.75) is 13.8 Å². The van der Waals surface area contributed by atoms with Crippen molar-refractivity contribution in [2.75, 3.05) is 12.4 Å². The van der Waals surface area contributed by atoms with Gasteiger partial charge >= 0.3 is 0 Å². The van der Waals surface area contributed by atoms with E-state index in [1.54, 1.807) is 7.11 Å². The lowest BCUT2D eigenvalue weighted by Gasteiger charge is -2.04. The highest BCUT2D eigenvalue weighted by Crippen LogP contribution is 2.34. The van der Waals surface area contributed by atoms with Crippen molar-refractivity contribution < 1.29 is 13.9 Å². The molecule has 2 heterocycles. The molecule has 5 nitrogen and oxygen atoms in total. The number of nitrogens with one attached hydrogen (secondary N) is 1. The number of amides is 1. The molecule has 0 radical (unpaired) electrons. The minimum atomic E-state index is -0.176. The molecule has 1 amide bonds. The highest BCUT2D eigenvalue weighted by molar-refractivity contribution is 7.14. The van der Waals surface area contributed by atoms with Crippen LogP contribution in [0, 0.1) is 13.8 Å². The topological polar surface area (TPSA) is 64.4 Å². The number of thiazole rings is 1. The van der Waals surface area contributed by atoms with Crippen LogP contribution in [0.15, 0.2) is 52.3 Å². The van der Waals surface area contributed by atoms with Gasteiger partial charge in [-0.2, -0.15) is 0 Å². The monoisotopic (exact) mass is 378 g/mol. The first-order chi connectivity index (χ1) is 13.0. The third-order valence-electron chi connectivity index (χ3n) is 4.47. The van der Waals surface area contributed by atoms with E-state index >= 15 is 0 Å². The van der Waals surface area contributed by atoms with Gasteiger partial charge in [-0.1, -0.05) is 18.2 Å². The number of carbonyl (C=O) groups excluding carboxylic acids is 1. The average molecular weight is 378 g/mol. The molecule has 0 aliphatic heterocycles. The molecule has 4 aromatic rings. The van der Waals surface area contributed by atoms with E-state index in [9.17, 15) is 4.79 Å². The minimum absolute atomic E-state index is 0.176. The Morgan fingerprint density at radius 2 is 2.00 bits per heavy atom. The van der Waals surface area contributed by atoms with Gasteiger partial charge in [0.15, 0.2) is 22.2 Å². The predicted octanol–water partition coefficient (Wildman–Crippen LogP) is 5.43. The van der Waals surface area contributed by atoms with Crippen LogP contribution >= 0.6 is 11.3 Å². The number of para-hydroxylation sites is 1. The molecule has 0 saturated heterocycles. The lowest BCUT2D eigenvalue weighted by atomic mass is 10.1. The van der Waals surface area contributed by atoms with Crippen molar-refractivity contribution >= 4 is 33.3 Å². The normalized spacial score (nSPS) is 10.9. The molecule has 0 atom stereocenters. The van der Waals surface area contributed by atoms with E-state index in [2.05, 4.69) is 10.3 Å². The number of fused-ring (bicyclic) bond motifs is 1. The molecule has 0 aliphatic rings. The Labute approximate surface area is 160 Å². The largest absolute Gasteiger partial charge is 0.493 e. The molecule has 2 aromatic carbocycles. The second kappa shape index (κ2) is 6.89. The minimum Gasteiger partial charge on any atom is -0.493 e. The molecule has 4 rings (SSSR count). The molecule has 0 fully saturated rings. The van der Waals surface area contributed by atoms with Crippen molar-refractivity contribution in [2.24, 2.45) is 0 Å². The summed E-state index contributed by atoms with van der Waals surface area (Å²) in [5.41, 5.74) is 4.21. The molecule has 0 bridgehead atoms. The number of benzene rings is 2. The van der Waals surface area contributed by atoms with Crippen LogP contribution in [-0.2, 0) is 0 Å². The number of furan rings is 1. The standard InChI is InChI=1S/C21H18N2O3S/c1-12-7-8-15(9-13(12)2)20(24)23-21-22-16(11-27-21)18-10-14-5-4-6-17(25-3)19(14)26-18/h4-11H,1-3H3,(H,22,23,24). The van der Waals surface area contributed by atoms with Crippen LogP contribution in [0.1, 0.15) is 21.5 Å². The number of hydrogen-bond acceptors (Lipinski definition) is 5. The Hall–Kier alpha value is -3.12. The Morgan fingerprint density at radius 1 is 1.15 bits per heavy atom. The van der Waals surface area contributed by atoms with E-state index in [1.165, 1.54) is 11.3 Å². The Bertz CT molecular complexity index is 1140. The summed E-state index contributed by atoms with van der Waals surface area (Å²) in [4.78, 5) is 17.0. The summed E-state index contributed by atoms with van der Waals surface area (Å²) in [5, 5.41) is 6.19. The van der Waals surface area contributed by atoms with Crippen LogP contribution in [0.2, 0.25) is 0 Å². The maximum Gasteiger partial charge on any atom is 0.257 e. The number of rotatable bonds is 4. The molecule has 6 heteroatoms. The van der Waals surface area contributed by atoms with E-state index in [4.69, 9.17) is 9.15 Å². The quantitative estimate of drug-likeness (QED) is 0.514. The average Bonchev–Trinajstić information content (AvgIpc) is 3.30. The number of methoxy groups -OCH3 is 1. The summed E-state index contributed by atoms with van der Waals surface area (Å²) < 4.78 is 11.2. The second-order valence-electron chi connectivity index (χ2n) is 6.28. The van der Waals surface area contributed by atoms with Crippen LogP contribution in [0.3, 0.4) is 0 Å². The van der Waals surface area contributed by atoms with Crippen molar-refractivity contribution in [3.05, 3.63) is 64.5 Å². The summed E-state index contributed by atoms with van der Waals surface area (Å²) in [5.74, 6) is 1.14. The Morgan fingerprint density at radius 3 is 2.78 bits per heavy atom. The number of carbonyl (C=O) groups is 1. The number of hydrogen-bond donors (Lipinski definition) is 1. The van der Waals surface area contributed by atoms with Crippen LogP contribution in [0.4, 0.5) is 5.13 Å². The number of ether oxygens (including phenoxy) is 1. The molecule has 0 saturated carbocycles. The zero-order chi connectivity index (χ0) is 19.0. The number of aryl methyl sites for hydroxylation is 2. The Balaban J connectivity index is 1.58. The summed E-state index contributed by atoms with van der Waals surface area (Å²) >= 11 is 1.36. The second-order valence-corrected chi connectivity index (χ2v) is 7.14. The molecule has 27 heavy (non-hydrogen) atoms. The maximum atomic E-state index is 12.5. The SMILES string of the molecule is COc1cccc2cc(-c3csc(NC(=O)c4ccc(C)c(C)c4)n3)oc12. The molecule has 1 N–H and O–H groups in total. The zero-order valence-electron chi connectivity index (χ0n) is 15.2. The van der Waals surface area contributed by atoms with Gasteiger partial charge in [0.1, 0.15) is 5.69 Å². The fourth-order valence-electron chi connectivity index (χ4n) is 2.82. The fourth-order valence-corrected chi connectivity index (χ4v) is 3.51. The first-order valence-corrected chi connectivity index (χ1v) is 9.34. The first-order valence-electron chi connectivity index (χ1n) is 8.46. The molecular formula is C21H18N2O3S. The van der Waals surface area contributed by atoms with E-state index in [0.29, 0.717) is 33.5 Å². The molecule has 0 aliphatic carbocycles. The number of anilines is 1. The van der Waals surface area contributed by atoms with E-state index < -0.39 is 0 Å². The number of nitrogens with zero attached hydrogens (tertiary/aromatic N) is 1. The van der Waals surface area contributed by atoms with Gasteiger partial charge in [0.2, 0.25) is 0 Å². The van der Waals surface area contributed by atoms with Gasteiger partial charge in [0, 0.05) is 16.3 Å². The van der Waals surface area contributed by atoms with E-state index in [1.807, 2.05) is 61.7 Å². The maximum absolute atomic E-state index is 12.5. The van der Waals surface area contributed by atoms with Crippen molar-refractivity contribution in [1.29, 1.82) is 0 Å². The first kappa shape index (κ1) is 17.3. The zero-order valence-corrected chi connectivity index (χ0v) is 16.0. The Kier molecular flexibility index (Phi) is 4.41. The highest BCUT2D eigenvalue weighted by Gasteiger charge is 2.15. The van der Waals surface area contributed by atoms with Crippen LogP contribution in [0.25, 0.3) is 22.4 Å². The van der Waals surface area contributed by atoms with Gasteiger partial charge in [0.05, 0.1) is 7.11 Å².